The van der Waals surface area contributed by atoms with Crippen LogP contribution in [0, 0.1) is 0 Å². The summed E-state index contributed by atoms with van der Waals surface area (Å²) in [7, 11) is 0. The molecule has 0 aromatic carbocycles. The summed E-state index contributed by atoms with van der Waals surface area (Å²) in [4.78, 5) is 26.7. The minimum absolute atomic E-state index is 0.125. The van der Waals surface area contributed by atoms with E-state index >= 15 is 0 Å². The first kappa shape index (κ1) is 81.9. The van der Waals surface area contributed by atoms with Crippen LogP contribution in [0.15, 0.2) is 36.5 Å². The van der Waals surface area contributed by atoms with Gasteiger partial charge in [0.2, 0.25) is 5.91 Å². The lowest BCUT2D eigenvalue weighted by Crippen LogP contribution is -2.61. The molecule has 0 aromatic rings. The number of aliphatic hydroxyl groups excluding tert-OH is 5. The maximum Gasteiger partial charge on any atom is 0.306 e. The summed E-state index contributed by atoms with van der Waals surface area (Å²) < 4.78 is 17.7. The number of carbonyl (C=O) groups is 2. The van der Waals surface area contributed by atoms with Crippen LogP contribution >= 0.6 is 0 Å². The fourth-order valence-corrected chi connectivity index (χ4v) is 11.9. The molecule has 0 bridgehead atoms. The molecule has 6 N–H and O–H groups in total. The number of nitrogens with one attached hydrogen (secondary N) is 1. The Hall–Kier alpha value is -2.12. The van der Waals surface area contributed by atoms with Gasteiger partial charge < -0.3 is 45.1 Å². The van der Waals surface area contributed by atoms with Gasteiger partial charge in [-0.2, -0.15) is 0 Å². The predicted octanol–water partition coefficient (Wildman–Crippen LogP) is 19.4. The topological polar surface area (TPSA) is 175 Å². The van der Waals surface area contributed by atoms with Gasteiger partial charge in [-0.05, 0) is 77.0 Å². The summed E-state index contributed by atoms with van der Waals surface area (Å²) in [6.07, 6.45) is 67.7. The molecular weight excluding hydrogens is 1070 g/mol. The quantitative estimate of drug-likeness (QED) is 0.0195. The smallest absolute Gasteiger partial charge is 0.306 e. The molecule has 1 heterocycles. The number of rotatable bonds is 65. The predicted molar refractivity (Wildman–Crippen MR) is 361 cm³/mol. The third kappa shape index (κ3) is 49.6. The lowest BCUT2D eigenvalue weighted by atomic mass is 9.99. The number of amides is 1. The van der Waals surface area contributed by atoms with E-state index in [1.807, 2.05) is 6.08 Å². The largest absolute Gasteiger partial charge is 0.454 e. The third-order valence-corrected chi connectivity index (χ3v) is 17.8. The summed E-state index contributed by atoms with van der Waals surface area (Å²) in [5.74, 6) is -1.18. The zero-order chi connectivity index (χ0) is 62.4. The Bertz CT molecular complexity index is 1540. The van der Waals surface area contributed by atoms with Crippen LogP contribution in [0.1, 0.15) is 367 Å². The molecule has 1 amide bonds. The fourth-order valence-electron chi connectivity index (χ4n) is 11.9. The van der Waals surface area contributed by atoms with Crippen molar-refractivity contribution in [2.75, 3.05) is 13.2 Å². The summed E-state index contributed by atoms with van der Waals surface area (Å²) in [5, 5.41) is 57.3. The maximum absolute atomic E-state index is 13.5. The van der Waals surface area contributed by atoms with Crippen LogP contribution in [-0.4, -0.2) is 99.6 Å². The normalized spacial score (nSPS) is 18.4. The third-order valence-electron chi connectivity index (χ3n) is 17.8. The molecule has 1 saturated heterocycles. The summed E-state index contributed by atoms with van der Waals surface area (Å²) in [5.41, 5.74) is 0. The van der Waals surface area contributed by atoms with Gasteiger partial charge in [0.25, 0.3) is 0 Å². The first-order valence-corrected chi connectivity index (χ1v) is 37.3. The van der Waals surface area contributed by atoms with Crippen molar-refractivity contribution in [1.82, 2.24) is 5.32 Å². The van der Waals surface area contributed by atoms with Crippen molar-refractivity contribution in [3.05, 3.63) is 36.5 Å². The monoisotopic (exact) mass is 1220 g/mol. The van der Waals surface area contributed by atoms with Crippen molar-refractivity contribution in [2.24, 2.45) is 0 Å². The SMILES string of the molecule is CCCCCCCC/C=C/CCCCCCCCCCCCCCCCCCC(O)C(=O)NC(COC1OC(CO)C(O)C(O)C1OC(=O)CCCCCCCCCCC/C=C/CCCCCCCC)C(O)/C=C/CCCCCCCCCCCC. The number of aliphatic hydroxyl groups is 5. The van der Waals surface area contributed by atoms with Crippen LogP contribution in [0.2, 0.25) is 0 Å². The number of esters is 1. The molecule has 0 radical (unpaired) electrons. The molecular formula is C75H141NO10. The molecule has 1 rings (SSSR count). The second kappa shape index (κ2) is 63.0. The van der Waals surface area contributed by atoms with Crippen molar-refractivity contribution >= 4 is 11.9 Å². The number of ether oxygens (including phenoxy) is 3. The zero-order valence-electron chi connectivity index (χ0n) is 56.5. The Kier molecular flexibility index (Phi) is 60.0. The van der Waals surface area contributed by atoms with Crippen LogP contribution in [0.25, 0.3) is 0 Å². The maximum atomic E-state index is 13.5. The molecule has 86 heavy (non-hydrogen) atoms. The lowest BCUT2D eigenvalue weighted by Gasteiger charge is -2.41. The average molecular weight is 1220 g/mol. The van der Waals surface area contributed by atoms with E-state index in [9.17, 15) is 35.1 Å². The Balaban J connectivity index is 2.53. The molecule has 8 unspecified atom stereocenters. The lowest BCUT2D eigenvalue weighted by molar-refractivity contribution is -0.305. The highest BCUT2D eigenvalue weighted by Crippen LogP contribution is 2.27. The van der Waals surface area contributed by atoms with Gasteiger partial charge in [0.05, 0.1) is 25.4 Å². The van der Waals surface area contributed by atoms with E-state index in [1.165, 1.54) is 263 Å². The van der Waals surface area contributed by atoms with Crippen LogP contribution in [-0.2, 0) is 23.8 Å². The van der Waals surface area contributed by atoms with Gasteiger partial charge in [0, 0.05) is 6.42 Å². The van der Waals surface area contributed by atoms with Gasteiger partial charge in [-0.15, -0.1) is 0 Å². The Morgan fingerprint density at radius 2 is 0.767 bits per heavy atom. The van der Waals surface area contributed by atoms with E-state index in [4.69, 9.17) is 14.2 Å². The second-order valence-electron chi connectivity index (χ2n) is 26.0. The van der Waals surface area contributed by atoms with Crippen molar-refractivity contribution in [1.29, 1.82) is 0 Å². The highest BCUT2D eigenvalue weighted by atomic mass is 16.7. The molecule has 506 valence electrons. The molecule has 1 aliphatic rings. The van der Waals surface area contributed by atoms with Crippen molar-refractivity contribution in [3.63, 3.8) is 0 Å². The Labute approximate surface area is 530 Å². The highest BCUT2D eigenvalue weighted by molar-refractivity contribution is 5.80. The van der Waals surface area contributed by atoms with E-state index in [2.05, 4.69) is 50.4 Å². The van der Waals surface area contributed by atoms with E-state index in [-0.39, 0.29) is 13.0 Å². The van der Waals surface area contributed by atoms with Crippen LogP contribution in [0.5, 0.6) is 0 Å². The van der Waals surface area contributed by atoms with Gasteiger partial charge in [0.1, 0.15) is 24.4 Å². The van der Waals surface area contributed by atoms with Crippen molar-refractivity contribution in [3.8, 4) is 0 Å². The molecule has 0 saturated carbocycles. The standard InChI is InChI=1S/C75H141NO10/c1-4-7-10-13-16-19-22-25-27-29-31-32-33-34-35-36-37-39-40-42-44-47-50-53-56-59-62-68(79)74(83)76-66(67(78)61-58-55-52-49-46-24-21-18-15-12-9-6-3)65-84-75-73(72(82)71(81)69(64-77)85-75)86-70(80)63-60-57-54-51-48-45-43-41-38-30-28-26-23-20-17-14-11-8-5-2/h25-28,58,61,66-69,71-73,75,77-79,81-82H,4-24,29-57,59-60,62-65H2,1-3H3,(H,76,83)/b27-25+,28-26+,61-58+. The molecule has 8 atom stereocenters. The summed E-state index contributed by atoms with van der Waals surface area (Å²) in [6, 6.07) is -1.02. The van der Waals surface area contributed by atoms with Gasteiger partial charge in [-0.25, -0.2) is 0 Å². The summed E-state index contributed by atoms with van der Waals surface area (Å²) >= 11 is 0. The minimum Gasteiger partial charge on any atom is -0.454 e. The zero-order valence-corrected chi connectivity index (χ0v) is 56.5. The van der Waals surface area contributed by atoms with E-state index in [0.29, 0.717) is 19.3 Å². The van der Waals surface area contributed by atoms with Crippen molar-refractivity contribution < 1.29 is 49.3 Å². The number of hydrogen-bond acceptors (Lipinski definition) is 10. The second-order valence-corrected chi connectivity index (χ2v) is 26.0. The fraction of sp³-hybridized carbons (Fsp3) is 0.893. The average Bonchev–Trinajstić information content (AvgIpc) is 3.68. The molecule has 0 aromatic heterocycles. The minimum atomic E-state index is -1.61. The molecule has 11 heteroatoms. The molecule has 1 aliphatic heterocycles. The number of hydrogen-bond donors (Lipinski definition) is 6. The van der Waals surface area contributed by atoms with E-state index in [1.54, 1.807) is 6.08 Å². The number of carbonyl (C=O) groups excluding carboxylic acids is 2. The van der Waals surface area contributed by atoms with Crippen molar-refractivity contribution in [2.45, 2.75) is 416 Å². The molecule has 0 aliphatic carbocycles. The Morgan fingerprint density at radius 1 is 0.442 bits per heavy atom. The molecule has 11 nitrogen and oxygen atoms in total. The molecule has 0 spiro atoms. The Morgan fingerprint density at radius 3 is 1.13 bits per heavy atom. The van der Waals surface area contributed by atoms with E-state index in [0.717, 1.165) is 57.8 Å². The first-order chi connectivity index (χ1) is 42.2. The molecule has 1 fully saturated rings. The van der Waals surface area contributed by atoms with Crippen LogP contribution in [0.3, 0.4) is 0 Å². The highest BCUT2D eigenvalue weighted by Gasteiger charge is 2.47. The van der Waals surface area contributed by atoms with Gasteiger partial charge >= 0.3 is 5.97 Å². The van der Waals surface area contributed by atoms with Gasteiger partial charge in [-0.1, -0.05) is 320 Å². The first-order valence-electron chi connectivity index (χ1n) is 37.3. The summed E-state index contributed by atoms with van der Waals surface area (Å²) in [6.45, 7) is 5.84. The van der Waals surface area contributed by atoms with Crippen LogP contribution < -0.4 is 5.32 Å². The number of allylic oxidation sites excluding steroid dienone is 5. The van der Waals surface area contributed by atoms with Crippen LogP contribution in [0.4, 0.5) is 0 Å². The number of unbranched alkanes of at least 4 members (excludes halogenated alkanes) is 47. The van der Waals surface area contributed by atoms with Gasteiger partial charge in [-0.3, -0.25) is 9.59 Å². The van der Waals surface area contributed by atoms with Gasteiger partial charge in [0.15, 0.2) is 12.4 Å². The van der Waals surface area contributed by atoms with E-state index < -0.39 is 67.4 Å².